The molecule has 0 aromatic heterocycles. The Labute approximate surface area is 145 Å². The highest BCUT2D eigenvalue weighted by Crippen LogP contribution is 2.28. The molecule has 1 saturated carbocycles. The summed E-state index contributed by atoms with van der Waals surface area (Å²) in [7, 11) is 0. The van der Waals surface area contributed by atoms with Crippen LogP contribution in [0, 0.1) is 5.92 Å². The molecule has 1 aliphatic rings. The van der Waals surface area contributed by atoms with E-state index in [2.05, 4.69) is 10.6 Å². The Hall–Kier alpha value is -1.75. The molecule has 5 heteroatoms. The van der Waals surface area contributed by atoms with E-state index in [0.717, 1.165) is 11.3 Å². The largest absolute Gasteiger partial charge is 0.444 e. The van der Waals surface area contributed by atoms with Gasteiger partial charge in [-0.1, -0.05) is 31.0 Å². The molecule has 0 radical (unpaired) electrons. The minimum atomic E-state index is -0.473. The Balaban J connectivity index is 1.90. The van der Waals surface area contributed by atoms with Gasteiger partial charge in [-0.3, -0.25) is 0 Å². The third kappa shape index (κ3) is 6.04. The molecular formula is C19H31N3O2. The van der Waals surface area contributed by atoms with Crippen LogP contribution in [0.4, 0.5) is 10.5 Å². The number of anilines is 1. The maximum atomic E-state index is 11.9. The SMILES string of the molecule is CC(C)(C)OC(=O)NCC(NCc1ccccc1N)C1CCCC1. The van der Waals surface area contributed by atoms with Crippen molar-refractivity contribution in [1.29, 1.82) is 0 Å². The summed E-state index contributed by atoms with van der Waals surface area (Å²) in [6.45, 7) is 6.91. The number of para-hydroxylation sites is 1. The fourth-order valence-corrected chi connectivity index (χ4v) is 3.21. The number of benzene rings is 1. The van der Waals surface area contributed by atoms with Crippen LogP contribution >= 0.6 is 0 Å². The Morgan fingerprint density at radius 2 is 1.96 bits per heavy atom. The number of alkyl carbamates (subject to hydrolysis) is 1. The summed E-state index contributed by atoms with van der Waals surface area (Å²) in [5.41, 5.74) is 7.45. The molecule has 1 unspecified atom stereocenters. The van der Waals surface area contributed by atoms with Gasteiger partial charge in [0.2, 0.25) is 0 Å². The molecule has 0 spiro atoms. The molecule has 1 aliphatic carbocycles. The second kappa shape index (κ2) is 8.38. The lowest BCUT2D eigenvalue weighted by Gasteiger charge is -2.26. The van der Waals surface area contributed by atoms with Crippen LogP contribution in [0.5, 0.6) is 0 Å². The maximum Gasteiger partial charge on any atom is 0.407 e. The third-order valence-corrected chi connectivity index (χ3v) is 4.44. The number of nitrogens with two attached hydrogens (primary N) is 1. The summed E-state index contributed by atoms with van der Waals surface area (Å²) < 4.78 is 5.33. The van der Waals surface area contributed by atoms with Crippen molar-refractivity contribution in [3.05, 3.63) is 29.8 Å². The van der Waals surface area contributed by atoms with Crippen LogP contribution in [-0.2, 0) is 11.3 Å². The second-order valence-corrected chi connectivity index (χ2v) is 7.61. The predicted molar refractivity (Wildman–Crippen MR) is 97.7 cm³/mol. The molecule has 4 N–H and O–H groups in total. The molecule has 2 rings (SSSR count). The first-order chi connectivity index (χ1) is 11.3. The van der Waals surface area contributed by atoms with E-state index in [4.69, 9.17) is 10.5 Å². The quantitative estimate of drug-likeness (QED) is 0.697. The molecule has 24 heavy (non-hydrogen) atoms. The minimum Gasteiger partial charge on any atom is -0.444 e. The Bertz CT molecular complexity index is 534. The lowest BCUT2D eigenvalue weighted by atomic mass is 9.97. The molecule has 1 atom stereocenters. The van der Waals surface area contributed by atoms with Crippen molar-refractivity contribution in [1.82, 2.24) is 10.6 Å². The summed E-state index contributed by atoms with van der Waals surface area (Å²) >= 11 is 0. The fraction of sp³-hybridized carbons (Fsp3) is 0.632. The van der Waals surface area contributed by atoms with Gasteiger partial charge in [0.15, 0.2) is 0 Å². The van der Waals surface area contributed by atoms with Crippen LogP contribution in [0.1, 0.15) is 52.0 Å². The number of hydrogen-bond donors (Lipinski definition) is 3. The molecule has 1 fully saturated rings. The van der Waals surface area contributed by atoms with Gasteiger partial charge in [0.05, 0.1) is 0 Å². The first kappa shape index (κ1) is 18.6. The third-order valence-electron chi connectivity index (χ3n) is 4.44. The van der Waals surface area contributed by atoms with Gasteiger partial charge in [0, 0.05) is 24.8 Å². The normalized spacial score (nSPS) is 16.8. The highest BCUT2D eigenvalue weighted by Gasteiger charge is 2.26. The minimum absolute atomic E-state index is 0.236. The summed E-state index contributed by atoms with van der Waals surface area (Å²) in [6, 6.07) is 8.13. The second-order valence-electron chi connectivity index (χ2n) is 7.61. The van der Waals surface area contributed by atoms with Crippen molar-refractivity contribution >= 4 is 11.8 Å². The summed E-state index contributed by atoms with van der Waals surface area (Å²) in [6.07, 6.45) is 4.59. The van der Waals surface area contributed by atoms with E-state index in [0.29, 0.717) is 19.0 Å². The molecule has 1 amide bonds. The van der Waals surface area contributed by atoms with Crippen molar-refractivity contribution < 1.29 is 9.53 Å². The van der Waals surface area contributed by atoms with E-state index < -0.39 is 5.60 Å². The number of rotatable bonds is 6. The van der Waals surface area contributed by atoms with E-state index >= 15 is 0 Å². The molecule has 5 nitrogen and oxygen atoms in total. The fourth-order valence-electron chi connectivity index (χ4n) is 3.21. The van der Waals surface area contributed by atoms with E-state index in [9.17, 15) is 4.79 Å². The number of nitrogens with one attached hydrogen (secondary N) is 2. The van der Waals surface area contributed by atoms with Gasteiger partial charge in [-0.25, -0.2) is 4.79 Å². The molecule has 1 aromatic carbocycles. The van der Waals surface area contributed by atoms with E-state index in [-0.39, 0.29) is 12.1 Å². The summed E-state index contributed by atoms with van der Waals surface area (Å²) in [5, 5.41) is 6.50. The Morgan fingerprint density at radius 3 is 2.58 bits per heavy atom. The van der Waals surface area contributed by atoms with Gasteiger partial charge in [-0.2, -0.15) is 0 Å². The zero-order valence-electron chi connectivity index (χ0n) is 15.1. The molecule has 0 heterocycles. The van der Waals surface area contributed by atoms with Crippen LogP contribution in [-0.4, -0.2) is 24.3 Å². The number of carbonyl (C=O) groups is 1. The summed E-state index contributed by atoms with van der Waals surface area (Å²) in [4.78, 5) is 11.9. The van der Waals surface area contributed by atoms with Gasteiger partial charge in [0.25, 0.3) is 0 Å². The standard InChI is InChI=1S/C19H31N3O2/c1-19(2,3)24-18(23)22-13-17(14-8-4-5-9-14)21-12-15-10-6-7-11-16(15)20/h6-7,10-11,14,17,21H,4-5,8-9,12-13,20H2,1-3H3,(H,22,23). The van der Waals surface area contributed by atoms with Crippen molar-refractivity contribution in [2.45, 2.75) is 64.6 Å². The van der Waals surface area contributed by atoms with Gasteiger partial charge < -0.3 is 21.1 Å². The van der Waals surface area contributed by atoms with E-state index in [1.807, 2.05) is 45.0 Å². The van der Waals surface area contributed by atoms with Gasteiger partial charge in [-0.05, 0) is 51.2 Å². The lowest BCUT2D eigenvalue weighted by Crippen LogP contribution is -2.45. The maximum absolute atomic E-state index is 11.9. The molecule has 0 aliphatic heterocycles. The van der Waals surface area contributed by atoms with Crippen molar-refractivity contribution in [3.8, 4) is 0 Å². The van der Waals surface area contributed by atoms with E-state index in [1.54, 1.807) is 0 Å². The highest BCUT2D eigenvalue weighted by molar-refractivity contribution is 5.67. The molecule has 0 bridgehead atoms. The number of carbonyl (C=O) groups excluding carboxylic acids is 1. The number of amides is 1. The summed E-state index contributed by atoms with van der Waals surface area (Å²) in [5.74, 6) is 0.588. The topological polar surface area (TPSA) is 76.4 Å². The first-order valence-electron chi connectivity index (χ1n) is 8.89. The molecule has 0 saturated heterocycles. The average Bonchev–Trinajstić information content (AvgIpc) is 3.01. The lowest BCUT2D eigenvalue weighted by molar-refractivity contribution is 0.0518. The molecule has 1 aromatic rings. The monoisotopic (exact) mass is 333 g/mol. The first-order valence-corrected chi connectivity index (χ1v) is 8.89. The molecular weight excluding hydrogens is 302 g/mol. The van der Waals surface area contributed by atoms with Crippen LogP contribution in [0.3, 0.4) is 0 Å². The van der Waals surface area contributed by atoms with Crippen molar-refractivity contribution in [2.75, 3.05) is 12.3 Å². The Kier molecular flexibility index (Phi) is 6.49. The zero-order valence-corrected chi connectivity index (χ0v) is 15.1. The Morgan fingerprint density at radius 1 is 1.29 bits per heavy atom. The van der Waals surface area contributed by atoms with Gasteiger partial charge in [-0.15, -0.1) is 0 Å². The van der Waals surface area contributed by atoms with Gasteiger partial charge in [0.1, 0.15) is 5.60 Å². The molecule has 134 valence electrons. The van der Waals surface area contributed by atoms with Crippen LogP contribution < -0.4 is 16.4 Å². The number of hydrogen-bond acceptors (Lipinski definition) is 4. The van der Waals surface area contributed by atoms with Crippen LogP contribution in [0.2, 0.25) is 0 Å². The average molecular weight is 333 g/mol. The van der Waals surface area contributed by atoms with Gasteiger partial charge >= 0.3 is 6.09 Å². The predicted octanol–water partition coefficient (Wildman–Crippen LogP) is 3.44. The van der Waals surface area contributed by atoms with Crippen molar-refractivity contribution in [3.63, 3.8) is 0 Å². The zero-order chi connectivity index (χ0) is 17.6. The van der Waals surface area contributed by atoms with Crippen molar-refractivity contribution in [2.24, 2.45) is 5.92 Å². The van der Waals surface area contributed by atoms with E-state index in [1.165, 1.54) is 25.7 Å². The number of nitrogen functional groups attached to an aromatic ring is 1. The number of ether oxygens (including phenoxy) is 1. The van der Waals surface area contributed by atoms with Crippen LogP contribution in [0.25, 0.3) is 0 Å². The highest BCUT2D eigenvalue weighted by atomic mass is 16.6. The van der Waals surface area contributed by atoms with Crippen LogP contribution in [0.15, 0.2) is 24.3 Å². The smallest absolute Gasteiger partial charge is 0.407 e.